The number of ether oxygens (including phenoxy) is 2. The molecule has 35 heavy (non-hydrogen) atoms. The predicted octanol–water partition coefficient (Wildman–Crippen LogP) is 2.04. The minimum absolute atomic E-state index is 0.00272. The maximum Gasteiger partial charge on any atom is 0.273 e. The first kappa shape index (κ1) is 23.4. The molecule has 0 aliphatic carbocycles. The summed E-state index contributed by atoms with van der Waals surface area (Å²) >= 11 is 0. The third-order valence-corrected chi connectivity index (χ3v) is 6.97. The molecule has 180 valence electrons. The number of nitro benzene ring substituents is 2. The quantitative estimate of drug-likeness (QED) is 0.290. The van der Waals surface area contributed by atoms with Gasteiger partial charge in [-0.1, -0.05) is 0 Å². The van der Waals surface area contributed by atoms with Gasteiger partial charge in [-0.25, -0.2) is 8.42 Å². The zero-order chi connectivity index (χ0) is 25.7. The van der Waals surface area contributed by atoms with Gasteiger partial charge in [0.25, 0.3) is 22.5 Å². The van der Waals surface area contributed by atoms with Crippen LogP contribution in [0.4, 0.5) is 11.4 Å². The number of aromatic nitrogens is 2. The Bertz CT molecular complexity index is 1790. The minimum atomic E-state index is -4.90. The van der Waals surface area contributed by atoms with Crippen LogP contribution in [0.5, 0.6) is 11.5 Å². The average molecular weight is 502 g/mol. The number of nitrogens with zero attached hydrogens (tertiary/aromatic N) is 2. The first-order chi connectivity index (χ1) is 16.5. The zero-order valence-corrected chi connectivity index (χ0v) is 18.7. The van der Waals surface area contributed by atoms with Crippen LogP contribution in [-0.4, -0.2) is 42.5 Å². The number of pyridine rings is 2. The Labute approximate surface area is 194 Å². The summed E-state index contributed by atoms with van der Waals surface area (Å²) in [6.07, 6.45) is 0. The van der Waals surface area contributed by atoms with Crippen LogP contribution in [0.1, 0.15) is 0 Å². The number of methoxy groups -OCH3 is 2. The van der Waals surface area contributed by atoms with E-state index >= 15 is 0 Å². The van der Waals surface area contributed by atoms with Gasteiger partial charge in [0.1, 0.15) is 10.6 Å². The predicted molar refractivity (Wildman–Crippen MR) is 121 cm³/mol. The van der Waals surface area contributed by atoms with E-state index in [0.717, 1.165) is 37.4 Å². The smallest absolute Gasteiger partial charge is 0.273 e. The standard InChI is InChI=1S/C20H14N4O10S/c1-33-14-8-11(24(29)30)5-9-6-15(19(25)22-16(9)14)35(31,32)18-17(34-2)12-7-10(23(27)28)3-4-13(12)21-20(18)26/h3-8H,1-2H3,(H,21,26)(H,22,25). The molecule has 0 spiro atoms. The Morgan fingerprint density at radius 1 is 0.857 bits per heavy atom. The minimum Gasteiger partial charge on any atom is -0.494 e. The van der Waals surface area contributed by atoms with Crippen molar-refractivity contribution in [2.75, 3.05) is 14.2 Å². The Morgan fingerprint density at radius 2 is 1.54 bits per heavy atom. The molecule has 0 saturated heterocycles. The fourth-order valence-corrected chi connectivity index (χ4v) is 5.15. The molecule has 4 rings (SSSR count). The largest absolute Gasteiger partial charge is 0.494 e. The van der Waals surface area contributed by atoms with Crippen LogP contribution in [0.25, 0.3) is 21.8 Å². The number of sulfone groups is 1. The van der Waals surface area contributed by atoms with Gasteiger partial charge in [0.15, 0.2) is 10.6 Å². The third-order valence-electron chi connectivity index (χ3n) is 5.18. The monoisotopic (exact) mass is 502 g/mol. The van der Waals surface area contributed by atoms with Crippen molar-refractivity contribution >= 4 is 43.0 Å². The van der Waals surface area contributed by atoms with Crippen LogP contribution in [0.2, 0.25) is 0 Å². The summed E-state index contributed by atoms with van der Waals surface area (Å²) < 4.78 is 37.2. The van der Waals surface area contributed by atoms with Gasteiger partial charge in [-0.05, 0) is 12.1 Å². The number of nitrogens with one attached hydrogen (secondary N) is 2. The normalized spacial score (nSPS) is 11.5. The van der Waals surface area contributed by atoms with Gasteiger partial charge in [0.05, 0.1) is 41.2 Å². The van der Waals surface area contributed by atoms with Gasteiger partial charge in [0.2, 0.25) is 9.84 Å². The van der Waals surface area contributed by atoms with Crippen molar-refractivity contribution in [3.63, 3.8) is 0 Å². The molecule has 0 bridgehead atoms. The van der Waals surface area contributed by atoms with E-state index in [0.29, 0.717) is 0 Å². The lowest BCUT2D eigenvalue weighted by Gasteiger charge is -2.12. The number of hydrogen-bond acceptors (Lipinski definition) is 10. The molecule has 0 aliphatic rings. The summed E-state index contributed by atoms with van der Waals surface area (Å²) in [5.74, 6) is -0.590. The van der Waals surface area contributed by atoms with Gasteiger partial charge >= 0.3 is 0 Å². The number of non-ortho nitro benzene ring substituents is 2. The van der Waals surface area contributed by atoms with Gasteiger partial charge in [-0.15, -0.1) is 0 Å². The summed E-state index contributed by atoms with van der Waals surface area (Å²) in [6.45, 7) is 0. The molecule has 4 aromatic rings. The van der Waals surface area contributed by atoms with E-state index in [2.05, 4.69) is 9.97 Å². The lowest BCUT2D eigenvalue weighted by molar-refractivity contribution is -0.384. The second-order valence-electron chi connectivity index (χ2n) is 7.14. The number of nitro groups is 2. The summed E-state index contributed by atoms with van der Waals surface area (Å²) in [7, 11) is -2.64. The third kappa shape index (κ3) is 3.72. The van der Waals surface area contributed by atoms with E-state index in [9.17, 15) is 38.2 Å². The second kappa shape index (κ2) is 8.21. The molecular weight excluding hydrogens is 488 g/mol. The number of fused-ring (bicyclic) bond motifs is 2. The van der Waals surface area contributed by atoms with Crippen molar-refractivity contribution < 1.29 is 27.7 Å². The SMILES string of the molecule is COc1c(S(=O)(=O)c2cc3cc([N+](=O)[O-])cc(OC)c3[nH]c2=O)c(=O)[nH]c2ccc([N+](=O)[O-])cc12. The van der Waals surface area contributed by atoms with Crippen molar-refractivity contribution in [2.24, 2.45) is 0 Å². The molecule has 0 amide bonds. The Hall–Kier alpha value is -4.79. The number of H-pyrrole nitrogens is 2. The van der Waals surface area contributed by atoms with Crippen molar-refractivity contribution in [3.8, 4) is 11.5 Å². The van der Waals surface area contributed by atoms with E-state index in [1.54, 1.807) is 0 Å². The highest BCUT2D eigenvalue weighted by molar-refractivity contribution is 7.91. The Morgan fingerprint density at radius 3 is 2.14 bits per heavy atom. The molecule has 0 unspecified atom stereocenters. The van der Waals surface area contributed by atoms with Gasteiger partial charge < -0.3 is 19.4 Å². The zero-order valence-electron chi connectivity index (χ0n) is 17.8. The molecule has 14 nitrogen and oxygen atoms in total. The number of benzene rings is 2. The summed E-state index contributed by atoms with van der Waals surface area (Å²) in [4.78, 5) is 49.4. The Kier molecular flexibility index (Phi) is 5.48. The molecule has 15 heteroatoms. The van der Waals surface area contributed by atoms with Crippen molar-refractivity contribution in [1.82, 2.24) is 9.97 Å². The first-order valence-electron chi connectivity index (χ1n) is 9.52. The molecule has 0 saturated carbocycles. The van der Waals surface area contributed by atoms with Crippen LogP contribution in [-0.2, 0) is 9.84 Å². The molecule has 2 aromatic heterocycles. The summed E-state index contributed by atoms with van der Waals surface area (Å²) in [5.41, 5.74) is -3.04. The molecule has 0 fully saturated rings. The lowest BCUT2D eigenvalue weighted by atomic mass is 10.2. The van der Waals surface area contributed by atoms with E-state index in [-0.39, 0.29) is 27.6 Å². The van der Waals surface area contributed by atoms with E-state index < -0.39 is 57.7 Å². The molecule has 2 heterocycles. The van der Waals surface area contributed by atoms with Gasteiger partial charge in [0, 0.05) is 29.0 Å². The summed E-state index contributed by atoms with van der Waals surface area (Å²) in [6, 6.07) is 6.29. The van der Waals surface area contributed by atoms with Crippen LogP contribution in [0.15, 0.2) is 55.8 Å². The molecule has 2 N–H and O–H groups in total. The maximum absolute atomic E-state index is 13.5. The maximum atomic E-state index is 13.5. The van der Waals surface area contributed by atoms with Crippen molar-refractivity contribution in [1.29, 1.82) is 0 Å². The fraction of sp³-hybridized carbons (Fsp3) is 0.100. The van der Waals surface area contributed by atoms with Crippen molar-refractivity contribution in [3.05, 3.63) is 77.3 Å². The van der Waals surface area contributed by atoms with Crippen molar-refractivity contribution in [2.45, 2.75) is 9.79 Å². The van der Waals surface area contributed by atoms with E-state index in [4.69, 9.17) is 9.47 Å². The van der Waals surface area contributed by atoms with E-state index in [1.807, 2.05) is 0 Å². The lowest BCUT2D eigenvalue weighted by Crippen LogP contribution is -2.24. The molecular formula is C20H14N4O10S. The molecule has 0 atom stereocenters. The molecule has 2 aromatic carbocycles. The van der Waals surface area contributed by atoms with Gasteiger partial charge in [-0.2, -0.15) is 0 Å². The first-order valence-corrected chi connectivity index (χ1v) is 11.0. The molecule has 0 radical (unpaired) electrons. The number of aromatic amines is 2. The van der Waals surface area contributed by atoms with Gasteiger partial charge in [-0.3, -0.25) is 29.8 Å². The highest BCUT2D eigenvalue weighted by Crippen LogP contribution is 2.35. The fourth-order valence-electron chi connectivity index (χ4n) is 3.62. The highest BCUT2D eigenvalue weighted by Gasteiger charge is 2.32. The highest BCUT2D eigenvalue weighted by atomic mass is 32.2. The van der Waals surface area contributed by atoms with Crippen LogP contribution in [0.3, 0.4) is 0 Å². The second-order valence-corrected chi connectivity index (χ2v) is 8.99. The van der Waals surface area contributed by atoms with E-state index in [1.165, 1.54) is 13.2 Å². The average Bonchev–Trinajstić information content (AvgIpc) is 2.81. The van der Waals surface area contributed by atoms with Crippen LogP contribution >= 0.6 is 0 Å². The topological polar surface area (TPSA) is 205 Å². The number of rotatable bonds is 6. The molecule has 0 aliphatic heterocycles. The summed E-state index contributed by atoms with van der Waals surface area (Å²) in [5, 5.41) is 22.3. The van der Waals surface area contributed by atoms with Crippen LogP contribution < -0.4 is 20.6 Å². The Balaban J connectivity index is 2.07. The number of hydrogen-bond donors (Lipinski definition) is 2. The van der Waals surface area contributed by atoms with Crippen LogP contribution in [0, 0.1) is 20.2 Å².